The minimum atomic E-state index is -2.02. The molecule has 1 aromatic rings. The van der Waals surface area contributed by atoms with Gasteiger partial charge in [-0.2, -0.15) is 0 Å². The van der Waals surface area contributed by atoms with Gasteiger partial charge in [0.25, 0.3) is 0 Å². The molecule has 1 heterocycles. The Kier molecular flexibility index (Phi) is 12.2. The molecule has 5 atom stereocenters. The molecule has 1 aromatic carbocycles. The molecule has 0 amide bonds. The lowest BCUT2D eigenvalue weighted by molar-refractivity contribution is -0.0341. The van der Waals surface area contributed by atoms with Gasteiger partial charge in [0.1, 0.15) is 0 Å². The van der Waals surface area contributed by atoms with Crippen LogP contribution < -0.4 is 5.19 Å². The van der Waals surface area contributed by atoms with Crippen LogP contribution in [0.4, 0.5) is 0 Å². The fourth-order valence-electron chi connectivity index (χ4n) is 6.21. The van der Waals surface area contributed by atoms with E-state index in [4.69, 9.17) is 20.0 Å². The van der Waals surface area contributed by atoms with E-state index in [1.54, 1.807) is 0 Å². The summed E-state index contributed by atoms with van der Waals surface area (Å²) in [4.78, 5) is 0. The van der Waals surface area contributed by atoms with Gasteiger partial charge in [-0.3, -0.25) is 0 Å². The number of rotatable bonds is 14. The average Bonchev–Trinajstić information content (AvgIpc) is 3.20. The molecule has 1 fully saturated rings. The quantitative estimate of drug-likeness (QED) is 0.126. The van der Waals surface area contributed by atoms with Crippen LogP contribution in [0.2, 0.25) is 54.9 Å². The van der Waals surface area contributed by atoms with Crippen molar-refractivity contribution in [2.24, 2.45) is 5.92 Å². The van der Waals surface area contributed by atoms with Gasteiger partial charge in [0.15, 0.2) is 16.6 Å². The van der Waals surface area contributed by atoms with Crippen LogP contribution in [0.15, 0.2) is 30.3 Å². The summed E-state index contributed by atoms with van der Waals surface area (Å²) in [5.41, 5.74) is 0.439. The van der Waals surface area contributed by atoms with Crippen LogP contribution in [-0.2, 0) is 13.6 Å². The molecule has 0 bridgehead atoms. The van der Waals surface area contributed by atoms with Crippen LogP contribution in [0.5, 0.6) is 0 Å². The summed E-state index contributed by atoms with van der Waals surface area (Å²) in [6.07, 6.45) is 8.71. The van der Waals surface area contributed by atoms with Crippen LogP contribution in [0.3, 0.4) is 0 Å². The summed E-state index contributed by atoms with van der Waals surface area (Å²) in [6.45, 7) is 26.9. The van der Waals surface area contributed by atoms with Crippen molar-refractivity contribution in [1.82, 2.24) is 0 Å². The van der Waals surface area contributed by atoms with E-state index in [0.29, 0.717) is 17.9 Å². The van der Waals surface area contributed by atoms with Crippen molar-refractivity contribution in [1.29, 1.82) is 0 Å². The Morgan fingerprint density at radius 2 is 1.58 bits per heavy atom. The van der Waals surface area contributed by atoms with Crippen LogP contribution >= 0.6 is 0 Å². The molecule has 0 aromatic heterocycles. The van der Waals surface area contributed by atoms with Crippen LogP contribution in [0.1, 0.15) is 67.7 Å². The fraction of sp³-hybridized carbons (Fsp3) is 0.750. The third kappa shape index (κ3) is 7.73. The van der Waals surface area contributed by atoms with Gasteiger partial charge in [-0.1, -0.05) is 97.1 Å². The number of terminal acetylenes is 1. The lowest BCUT2D eigenvalue weighted by Gasteiger charge is -2.44. The third-order valence-electron chi connectivity index (χ3n) is 10.1. The molecular formula is C32H58O3Si3. The van der Waals surface area contributed by atoms with E-state index in [9.17, 15) is 0 Å². The average molecular weight is 575 g/mol. The van der Waals surface area contributed by atoms with E-state index < -0.39 is 24.7 Å². The molecule has 0 aliphatic carbocycles. The molecule has 1 aliphatic rings. The van der Waals surface area contributed by atoms with Gasteiger partial charge in [-0.15, -0.1) is 12.3 Å². The Hall–Kier alpha value is -0.689. The minimum Gasteiger partial charge on any atom is -0.417 e. The first kappa shape index (κ1) is 33.5. The smallest absolute Gasteiger partial charge is 0.192 e. The minimum absolute atomic E-state index is 0.0601. The first-order valence-corrected chi connectivity index (χ1v) is 23.7. The van der Waals surface area contributed by atoms with E-state index in [0.717, 1.165) is 19.4 Å². The molecule has 1 aliphatic heterocycles. The van der Waals surface area contributed by atoms with E-state index in [1.807, 2.05) is 0 Å². The molecule has 216 valence electrons. The summed E-state index contributed by atoms with van der Waals surface area (Å²) in [5, 5.41) is 1.63. The summed E-state index contributed by atoms with van der Waals surface area (Å²) in [7, 11) is -5.52. The van der Waals surface area contributed by atoms with Crippen molar-refractivity contribution in [3.8, 4) is 12.3 Å². The molecule has 0 unspecified atom stereocenters. The predicted octanol–water partition coefficient (Wildman–Crippen LogP) is 8.59. The highest BCUT2D eigenvalue weighted by atomic mass is 28.4. The van der Waals surface area contributed by atoms with Crippen molar-refractivity contribution < 1.29 is 13.6 Å². The molecule has 6 heteroatoms. The molecule has 0 N–H and O–H groups in total. The molecule has 0 spiro atoms. The molecule has 0 radical (unpaired) electrons. The summed E-state index contributed by atoms with van der Waals surface area (Å²) in [6, 6.07) is 14.7. The van der Waals surface area contributed by atoms with Crippen molar-refractivity contribution in [3.05, 3.63) is 30.3 Å². The molecular weight excluding hydrogens is 517 g/mol. The lowest BCUT2D eigenvalue weighted by atomic mass is 9.96. The Morgan fingerprint density at radius 1 is 1.00 bits per heavy atom. The number of hydrogen-bond acceptors (Lipinski definition) is 3. The maximum Gasteiger partial charge on any atom is 0.192 e. The Balaban J connectivity index is 2.42. The van der Waals surface area contributed by atoms with E-state index in [1.165, 1.54) is 23.3 Å². The molecule has 38 heavy (non-hydrogen) atoms. The van der Waals surface area contributed by atoms with Crippen molar-refractivity contribution >= 4 is 29.9 Å². The zero-order valence-electron chi connectivity index (χ0n) is 26.5. The zero-order valence-corrected chi connectivity index (χ0v) is 29.5. The summed E-state index contributed by atoms with van der Waals surface area (Å²) < 4.78 is 20.9. The second-order valence-corrected chi connectivity index (χ2v) is 27.9. The molecule has 1 saturated heterocycles. The topological polar surface area (TPSA) is 27.7 Å². The van der Waals surface area contributed by atoms with Crippen LogP contribution in [0.25, 0.3) is 0 Å². The predicted molar refractivity (Wildman–Crippen MR) is 173 cm³/mol. The van der Waals surface area contributed by atoms with E-state index in [-0.39, 0.29) is 23.4 Å². The maximum absolute atomic E-state index is 7.27. The number of hydrogen-bond donors (Lipinski definition) is 0. The van der Waals surface area contributed by atoms with Crippen molar-refractivity contribution in [2.45, 2.75) is 141 Å². The third-order valence-corrected chi connectivity index (χ3v) is 23.6. The van der Waals surface area contributed by atoms with Gasteiger partial charge in [0.05, 0.1) is 26.4 Å². The second kappa shape index (κ2) is 13.8. The number of ether oxygens (including phenoxy) is 1. The second-order valence-electron chi connectivity index (χ2n) is 13.7. The van der Waals surface area contributed by atoms with E-state index >= 15 is 0 Å². The SMILES string of the molecule is C#CC[C@@H]1O[C@@H]([C@@H](CCCO[Si](CC)(CC)CC)O[Si](C)(C)C(C)(C)C)[C@H]([Si](C)(C)c2ccccc2)[C@H]1C. The van der Waals surface area contributed by atoms with Gasteiger partial charge in [-0.05, 0) is 60.6 Å². The number of benzene rings is 1. The largest absolute Gasteiger partial charge is 0.417 e. The Bertz CT molecular complexity index is 875. The Morgan fingerprint density at radius 3 is 2.08 bits per heavy atom. The van der Waals surface area contributed by atoms with Gasteiger partial charge in [0.2, 0.25) is 0 Å². The first-order valence-electron chi connectivity index (χ1n) is 15.2. The Labute approximate surface area is 239 Å². The van der Waals surface area contributed by atoms with Crippen LogP contribution in [-0.4, -0.2) is 49.6 Å². The first-order chi connectivity index (χ1) is 17.7. The molecule has 2 rings (SSSR count). The van der Waals surface area contributed by atoms with Crippen molar-refractivity contribution in [3.63, 3.8) is 0 Å². The lowest BCUT2D eigenvalue weighted by Crippen LogP contribution is -2.55. The highest BCUT2D eigenvalue weighted by molar-refractivity contribution is 6.91. The standard InChI is InChI=1S/C32H58O3Si3/c1-13-21-28-26(5)31(36(9,10)27-22-18-17-19-23-27)30(34-28)29(35-37(11,12)32(6,7)8)24-20-25-33-38(14-2,15-3)16-4/h1,17-19,22-23,26,28-31H,14-16,20-21,24-25H2,2-12H3/t26-,28-,29+,30-,31+/m0/s1. The zero-order chi connectivity index (χ0) is 28.8. The molecule has 0 saturated carbocycles. The highest BCUT2D eigenvalue weighted by Crippen LogP contribution is 2.48. The summed E-state index contributed by atoms with van der Waals surface area (Å²) in [5.74, 6) is 3.32. The molecule has 3 nitrogen and oxygen atoms in total. The van der Waals surface area contributed by atoms with Gasteiger partial charge in [0, 0.05) is 13.0 Å². The van der Waals surface area contributed by atoms with Gasteiger partial charge >= 0.3 is 0 Å². The summed E-state index contributed by atoms with van der Waals surface area (Å²) >= 11 is 0. The fourth-order valence-corrected chi connectivity index (χ4v) is 14.3. The van der Waals surface area contributed by atoms with Crippen molar-refractivity contribution in [2.75, 3.05) is 6.61 Å². The highest BCUT2D eigenvalue weighted by Gasteiger charge is 2.54. The monoisotopic (exact) mass is 574 g/mol. The van der Waals surface area contributed by atoms with Crippen LogP contribution in [0, 0.1) is 18.3 Å². The van der Waals surface area contributed by atoms with E-state index in [2.05, 4.69) is 111 Å². The van der Waals surface area contributed by atoms with Gasteiger partial charge < -0.3 is 13.6 Å². The normalized spacial score (nSPS) is 23.8. The maximum atomic E-state index is 7.27. The van der Waals surface area contributed by atoms with Gasteiger partial charge in [-0.25, -0.2) is 0 Å².